The number of nitrogens with zero attached hydrogens (tertiary/aromatic N) is 2. The molecule has 5 nitrogen and oxygen atoms in total. The summed E-state index contributed by atoms with van der Waals surface area (Å²) < 4.78 is 11.1. The quantitative estimate of drug-likeness (QED) is 0.850. The Morgan fingerprint density at radius 3 is 2.50 bits per heavy atom. The predicted molar refractivity (Wildman–Crippen MR) is 75.7 cm³/mol. The Hall–Kier alpha value is -1.36. The van der Waals surface area contributed by atoms with Gasteiger partial charge >= 0.3 is 0 Å². The average Bonchev–Trinajstić information content (AvgIpc) is 2.78. The molecule has 1 aliphatic heterocycles. The maximum atomic E-state index is 12.1. The molecule has 0 aliphatic carbocycles. The second kappa shape index (κ2) is 5.95. The zero-order valence-corrected chi connectivity index (χ0v) is 12.9. The standard InChI is InChI=1S/C15H24N2O3/c1-11-12(20-14(16-11)15(2,3)4)5-6-13(18)17-7-9-19-10-8-17/h5-10H2,1-4H3. The van der Waals surface area contributed by atoms with E-state index in [2.05, 4.69) is 25.8 Å². The van der Waals surface area contributed by atoms with E-state index >= 15 is 0 Å². The topological polar surface area (TPSA) is 55.6 Å². The number of aromatic nitrogens is 1. The van der Waals surface area contributed by atoms with Crippen LogP contribution in [0.1, 0.15) is 44.5 Å². The van der Waals surface area contributed by atoms with Crippen LogP contribution in [0.25, 0.3) is 0 Å². The fraction of sp³-hybridized carbons (Fsp3) is 0.733. The number of amides is 1. The Kier molecular flexibility index (Phi) is 4.48. The fourth-order valence-electron chi connectivity index (χ4n) is 2.17. The van der Waals surface area contributed by atoms with E-state index in [4.69, 9.17) is 9.15 Å². The van der Waals surface area contributed by atoms with Crippen molar-refractivity contribution in [2.24, 2.45) is 0 Å². The Bertz CT molecular complexity index is 468. The van der Waals surface area contributed by atoms with E-state index in [9.17, 15) is 4.79 Å². The molecule has 1 fully saturated rings. The number of ether oxygens (including phenoxy) is 1. The van der Waals surface area contributed by atoms with Crippen molar-refractivity contribution in [3.05, 3.63) is 17.3 Å². The minimum absolute atomic E-state index is 0.1000. The van der Waals surface area contributed by atoms with E-state index in [1.165, 1.54) is 0 Å². The molecule has 112 valence electrons. The first-order valence-corrected chi connectivity index (χ1v) is 7.20. The van der Waals surface area contributed by atoms with Crippen molar-refractivity contribution in [1.82, 2.24) is 9.88 Å². The van der Waals surface area contributed by atoms with Crippen molar-refractivity contribution in [3.63, 3.8) is 0 Å². The van der Waals surface area contributed by atoms with Gasteiger partial charge in [0.25, 0.3) is 0 Å². The molecule has 0 unspecified atom stereocenters. The number of morpholine rings is 1. The monoisotopic (exact) mass is 280 g/mol. The van der Waals surface area contributed by atoms with Gasteiger partial charge in [0.15, 0.2) is 5.89 Å². The minimum atomic E-state index is -0.1000. The summed E-state index contributed by atoms with van der Waals surface area (Å²) in [6.07, 6.45) is 1.09. The Morgan fingerprint density at radius 2 is 1.95 bits per heavy atom. The lowest BCUT2D eigenvalue weighted by Crippen LogP contribution is -2.40. The largest absolute Gasteiger partial charge is 0.445 e. The van der Waals surface area contributed by atoms with Crippen LogP contribution in [0.3, 0.4) is 0 Å². The Balaban J connectivity index is 1.93. The molecule has 0 radical (unpaired) electrons. The van der Waals surface area contributed by atoms with Crippen molar-refractivity contribution >= 4 is 5.91 Å². The number of aryl methyl sites for hydroxylation is 2. The molecule has 1 amide bonds. The lowest BCUT2D eigenvalue weighted by molar-refractivity contribution is -0.135. The van der Waals surface area contributed by atoms with E-state index in [1.807, 2.05) is 11.8 Å². The highest BCUT2D eigenvalue weighted by molar-refractivity contribution is 5.76. The van der Waals surface area contributed by atoms with Gasteiger partial charge in [-0.3, -0.25) is 4.79 Å². The summed E-state index contributed by atoms with van der Waals surface area (Å²) in [6.45, 7) is 10.8. The van der Waals surface area contributed by atoms with Crippen molar-refractivity contribution in [3.8, 4) is 0 Å². The Morgan fingerprint density at radius 1 is 1.30 bits per heavy atom. The third kappa shape index (κ3) is 3.60. The molecule has 0 spiro atoms. The van der Waals surface area contributed by atoms with Gasteiger partial charge in [-0.15, -0.1) is 0 Å². The number of oxazole rings is 1. The number of hydrogen-bond donors (Lipinski definition) is 0. The zero-order chi connectivity index (χ0) is 14.8. The summed E-state index contributed by atoms with van der Waals surface area (Å²) in [5, 5.41) is 0. The summed E-state index contributed by atoms with van der Waals surface area (Å²) in [5.41, 5.74) is 0.793. The smallest absolute Gasteiger partial charge is 0.223 e. The van der Waals surface area contributed by atoms with Crippen LogP contribution in [0.4, 0.5) is 0 Å². The third-order valence-electron chi connectivity index (χ3n) is 3.46. The third-order valence-corrected chi connectivity index (χ3v) is 3.46. The predicted octanol–water partition coefficient (Wildman–Crippen LogP) is 2.07. The molecule has 2 rings (SSSR count). The van der Waals surface area contributed by atoms with Gasteiger partial charge in [-0.05, 0) is 6.92 Å². The molecular weight excluding hydrogens is 256 g/mol. The molecule has 5 heteroatoms. The summed E-state index contributed by atoms with van der Waals surface area (Å²) in [7, 11) is 0. The lowest BCUT2D eigenvalue weighted by atomic mass is 9.97. The summed E-state index contributed by atoms with van der Waals surface area (Å²) in [5.74, 6) is 1.74. The zero-order valence-electron chi connectivity index (χ0n) is 12.9. The molecule has 0 saturated carbocycles. The average molecular weight is 280 g/mol. The van der Waals surface area contributed by atoms with Crippen LogP contribution in [-0.2, 0) is 21.4 Å². The molecule has 2 heterocycles. The van der Waals surface area contributed by atoms with Crippen molar-refractivity contribution in [1.29, 1.82) is 0 Å². The van der Waals surface area contributed by atoms with Crippen LogP contribution < -0.4 is 0 Å². The van der Waals surface area contributed by atoms with Crippen LogP contribution >= 0.6 is 0 Å². The van der Waals surface area contributed by atoms with Gasteiger partial charge in [0, 0.05) is 31.3 Å². The summed E-state index contributed by atoms with van der Waals surface area (Å²) in [4.78, 5) is 18.4. The Labute approximate surface area is 120 Å². The van der Waals surface area contributed by atoms with Gasteiger partial charge < -0.3 is 14.1 Å². The minimum Gasteiger partial charge on any atom is -0.445 e. The highest BCUT2D eigenvalue weighted by atomic mass is 16.5. The van der Waals surface area contributed by atoms with Crippen molar-refractivity contribution in [2.45, 2.75) is 46.0 Å². The summed E-state index contributed by atoms with van der Waals surface area (Å²) >= 11 is 0. The van der Waals surface area contributed by atoms with E-state index in [0.717, 1.165) is 17.3 Å². The number of carbonyl (C=O) groups excluding carboxylic acids is 1. The van der Waals surface area contributed by atoms with Crippen molar-refractivity contribution in [2.75, 3.05) is 26.3 Å². The fourth-order valence-corrected chi connectivity index (χ4v) is 2.17. The van der Waals surface area contributed by atoms with E-state index in [1.54, 1.807) is 0 Å². The van der Waals surface area contributed by atoms with Gasteiger partial charge in [-0.25, -0.2) is 4.98 Å². The lowest BCUT2D eigenvalue weighted by Gasteiger charge is -2.26. The molecule has 20 heavy (non-hydrogen) atoms. The van der Waals surface area contributed by atoms with Gasteiger partial charge in [-0.1, -0.05) is 20.8 Å². The first kappa shape index (κ1) is 15.0. The van der Waals surface area contributed by atoms with Gasteiger partial charge in [0.1, 0.15) is 5.76 Å². The molecule has 1 saturated heterocycles. The highest BCUT2D eigenvalue weighted by Gasteiger charge is 2.23. The second-order valence-electron chi connectivity index (χ2n) is 6.27. The van der Waals surface area contributed by atoms with E-state index in [-0.39, 0.29) is 11.3 Å². The van der Waals surface area contributed by atoms with Crippen LogP contribution in [0.5, 0.6) is 0 Å². The van der Waals surface area contributed by atoms with Gasteiger partial charge in [-0.2, -0.15) is 0 Å². The molecule has 0 bridgehead atoms. The van der Waals surface area contributed by atoms with Gasteiger partial charge in [0.05, 0.1) is 18.9 Å². The van der Waals surface area contributed by atoms with Crippen molar-refractivity contribution < 1.29 is 13.9 Å². The number of rotatable bonds is 3. The van der Waals surface area contributed by atoms with Gasteiger partial charge in [0.2, 0.25) is 5.91 Å². The highest BCUT2D eigenvalue weighted by Crippen LogP contribution is 2.24. The second-order valence-corrected chi connectivity index (χ2v) is 6.27. The summed E-state index contributed by atoms with van der Waals surface area (Å²) in [6, 6.07) is 0. The number of carbonyl (C=O) groups is 1. The maximum absolute atomic E-state index is 12.1. The molecule has 1 aromatic rings. The molecule has 0 N–H and O–H groups in total. The first-order valence-electron chi connectivity index (χ1n) is 7.20. The normalized spacial score (nSPS) is 16.5. The molecule has 0 atom stereocenters. The SMILES string of the molecule is Cc1nc(C(C)(C)C)oc1CCC(=O)N1CCOCC1. The maximum Gasteiger partial charge on any atom is 0.223 e. The van der Waals surface area contributed by atoms with Crippen LogP contribution in [0.15, 0.2) is 4.42 Å². The van der Waals surface area contributed by atoms with Crippen LogP contribution in [0.2, 0.25) is 0 Å². The molecule has 1 aromatic heterocycles. The first-order chi connectivity index (χ1) is 9.38. The van der Waals surface area contributed by atoms with Crippen LogP contribution in [0, 0.1) is 6.92 Å². The molecular formula is C15H24N2O3. The molecule has 0 aromatic carbocycles. The van der Waals surface area contributed by atoms with Crippen LogP contribution in [-0.4, -0.2) is 42.1 Å². The molecule has 1 aliphatic rings. The van der Waals surface area contributed by atoms with E-state index < -0.39 is 0 Å². The number of hydrogen-bond acceptors (Lipinski definition) is 4. The van der Waals surface area contributed by atoms with E-state index in [0.29, 0.717) is 39.1 Å².